The SMILES string of the molecule is CCCC(c1ccc(C(=O)NCCC(=O)O)cc1)C(C(=O)N1Cc2ccc(-c3cccnc3OC)cc2C1)c1ccc(Cl)cc1. The fourth-order valence-electron chi connectivity index (χ4n) is 6.01. The third-order valence-corrected chi connectivity index (χ3v) is 8.49. The molecule has 45 heavy (non-hydrogen) atoms. The van der Waals surface area contributed by atoms with Gasteiger partial charge in [-0.25, -0.2) is 4.98 Å². The van der Waals surface area contributed by atoms with E-state index in [4.69, 9.17) is 21.4 Å². The summed E-state index contributed by atoms with van der Waals surface area (Å²) in [5.74, 6) is -1.34. The van der Waals surface area contributed by atoms with Crippen LogP contribution in [-0.2, 0) is 22.7 Å². The number of amides is 2. The van der Waals surface area contributed by atoms with Gasteiger partial charge in [-0.15, -0.1) is 0 Å². The Morgan fingerprint density at radius 2 is 1.69 bits per heavy atom. The van der Waals surface area contributed by atoms with E-state index < -0.39 is 11.9 Å². The molecular weight excluding hydrogens is 590 g/mol. The minimum atomic E-state index is -0.971. The Balaban J connectivity index is 1.43. The highest BCUT2D eigenvalue weighted by atomic mass is 35.5. The van der Waals surface area contributed by atoms with Crippen molar-refractivity contribution >= 4 is 29.4 Å². The highest BCUT2D eigenvalue weighted by Gasteiger charge is 2.36. The van der Waals surface area contributed by atoms with Crippen LogP contribution in [0.4, 0.5) is 0 Å². The number of hydrogen-bond acceptors (Lipinski definition) is 5. The van der Waals surface area contributed by atoms with Gasteiger partial charge in [0.05, 0.1) is 19.4 Å². The van der Waals surface area contributed by atoms with E-state index in [-0.39, 0.29) is 30.7 Å². The summed E-state index contributed by atoms with van der Waals surface area (Å²) >= 11 is 6.25. The summed E-state index contributed by atoms with van der Waals surface area (Å²) in [6.07, 6.45) is 3.17. The van der Waals surface area contributed by atoms with Crippen molar-refractivity contribution in [2.75, 3.05) is 13.7 Å². The summed E-state index contributed by atoms with van der Waals surface area (Å²) in [6.45, 7) is 3.15. The first-order valence-corrected chi connectivity index (χ1v) is 15.4. The average Bonchev–Trinajstić information content (AvgIpc) is 3.49. The zero-order valence-corrected chi connectivity index (χ0v) is 26.1. The highest BCUT2D eigenvalue weighted by molar-refractivity contribution is 6.30. The fraction of sp³-hybridized carbons (Fsp3) is 0.278. The molecule has 0 radical (unpaired) electrons. The Labute approximate surface area is 268 Å². The van der Waals surface area contributed by atoms with Crippen molar-refractivity contribution in [3.63, 3.8) is 0 Å². The maximum Gasteiger partial charge on any atom is 0.305 e. The molecule has 2 amide bonds. The Morgan fingerprint density at radius 3 is 2.38 bits per heavy atom. The summed E-state index contributed by atoms with van der Waals surface area (Å²) < 4.78 is 5.48. The van der Waals surface area contributed by atoms with E-state index in [1.807, 2.05) is 59.5 Å². The standard InChI is InChI=1S/C36H36ClN3O5/c1-3-5-30(23-7-9-25(10-8-23)34(43)38-19-17-32(41)42)33(24-13-15-29(37)16-14-24)36(44)40-21-27-12-11-26(20-28(27)22-40)31-6-4-18-39-35(31)45-2/h4,6-16,18,20,30,33H,3,5,17,19,21-22H2,1-2H3,(H,38,43)(H,41,42). The molecule has 9 heteroatoms. The second kappa shape index (κ2) is 14.4. The zero-order chi connectivity index (χ0) is 31.9. The number of hydrogen-bond donors (Lipinski definition) is 2. The van der Waals surface area contributed by atoms with Gasteiger partial charge in [-0.05, 0) is 82.6 Å². The molecule has 8 nitrogen and oxygen atoms in total. The number of carboxylic acid groups (broad SMARTS) is 1. The predicted molar refractivity (Wildman–Crippen MR) is 173 cm³/mol. The molecule has 1 aliphatic heterocycles. The maximum atomic E-state index is 14.5. The van der Waals surface area contributed by atoms with Gasteiger partial charge in [0.15, 0.2) is 0 Å². The number of carbonyl (C=O) groups is 3. The summed E-state index contributed by atoms with van der Waals surface area (Å²) in [4.78, 5) is 44.2. The number of carbonyl (C=O) groups excluding carboxylic acids is 2. The molecule has 4 aromatic rings. The van der Waals surface area contributed by atoms with Gasteiger partial charge in [0.25, 0.3) is 5.91 Å². The molecule has 1 aliphatic rings. The van der Waals surface area contributed by atoms with Gasteiger partial charge in [-0.1, -0.05) is 61.3 Å². The van der Waals surface area contributed by atoms with Crippen molar-refractivity contribution in [3.8, 4) is 17.0 Å². The third kappa shape index (κ3) is 7.35. The molecule has 0 spiro atoms. The molecule has 0 fully saturated rings. The molecule has 0 bridgehead atoms. The number of aliphatic carboxylic acids is 1. The number of halogens is 1. The molecule has 2 N–H and O–H groups in total. The van der Waals surface area contributed by atoms with Crippen molar-refractivity contribution in [2.45, 2.75) is 51.1 Å². The first-order chi connectivity index (χ1) is 21.8. The molecular formula is C36H36ClN3O5. The van der Waals surface area contributed by atoms with Gasteiger partial charge in [0.1, 0.15) is 0 Å². The molecule has 1 aromatic heterocycles. The fourth-order valence-corrected chi connectivity index (χ4v) is 6.13. The van der Waals surface area contributed by atoms with Crippen molar-refractivity contribution in [1.82, 2.24) is 15.2 Å². The largest absolute Gasteiger partial charge is 0.481 e. The monoisotopic (exact) mass is 625 g/mol. The van der Waals surface area contributed by atoms with Crippen LogP contribution < -0.4 is 10.1 Å². The highest BCUT2D eigenvalue weighted by Crippen LogP contribution is 2.41. The topological polar surface area (TPSA) is 109 Å². The first-order valence-electron chi connectivity index (χ1n) is 15.0. The number of pyridine rings is 1. The molecule has 5 rings (SSSR count). The minimum Gasteiger partial charge on any atom is -0.481 e. The van der Waals surface area contributed by atoms with Crippen LogP contribution in [0.15, 0.2) is 85.1 Å². The Bertz CT molecular complexity index is 1670. The van der Waals surface area contributed by atoms with Crippen LogP contribution >= 0.6 is 11.6 Å². The van der Waals surface area contributed by atoms with E-state index >= 15 is 0 Å². The normalized spacial score (nSPS) is 13.5. The van der Waals surface area contributed by atoms with Gasteiger partial charge in [0, 0.05) is 42.0 Å². The number of benzene rings is 3. The lowest BCUT2D eigenvalue weighted by Crippen LogP contribution is -2.34. The smallest absolute Gasteiger partial charge is 0.305 e. The Kier molecular flexibility index (Phi) is 10.1. The number of aromatic nitrogens is 1. The summed E-state index contributed by atoms with van der Waals surface area (Å²) in [5.41, 5.74) is 6.35. The lowest BCUT2D eigenvalue weighted by atomic mass is 9.77. The summed E-state index contributed by atoms with van der Waals surface area (Å²) in [6, 6.07) is 24.8. The van der Waals surface area contributed by atoms with Gasteiger partial charge < -0.3 is 20.1 Å². The molecule has 0 aliphatic carbocycles. The number of rotatable bonds is 12. The molecule has 0 saturated carbocycles. The van der Waals surface area contributed by atoms with Crippen LogP contribution in [0.2, 0.25) is 5.02 Å². The Hall–Kier alpha value is -4.69. The molecule has 232 valence electrons. The van der Waals surface area contributed by atoms with E-state index in [9.17, 15) is 14.4 Å². The van der Waals surface area contributed by atoms with Crippen molar-refractivity contribution in [2.24, 2.45) is 0 Å². The Morgan fingerprint density at radius 1 is 0.978 bits per heavy atom. The van der Waals surface area contributed by atoms with Crippen molar-refractivity contribution in [3.05, 3.63) is 118 Å². The summed E-state index contributed by atoms with van der Waals surface area (Å²) in [5, 5.41) is 12.1. The van der Waals surface area contributed by atoms with Crippen LogP contribution in [0.3, 0.4) is 0 Å². The zero-order valence-electron chi connectivity index (χ0n) is 25.3. The second-order valence-electron chi connectivity index (χ2n) is 11.2. The van der Waals surface area contributed by atoms with E-state index in [1.165, 1.54) is 0 Å². The van der Waals surface area contributed by atoms with Gasteiger partial charge in [-0.2, -0.15) is 0 Å². The van der Waals surface area contributed by atoms with Crippen molar-refractivity contribution < 1.29 is 24.2 Å². The van der Waals surface area contributed by atoms with Crippen LogP contribution in [0, 0.1) is 0 Å². The van der Waals surface area contributed by atoms with Crippen LogP contribution in [-0.4, -0.2) is 46.4 Å². The minimum absolute atomic E-state index is 0.0305. The predicted octanol–water partition coefficient (Wildman–Crippen LogP) is 6.83. The quantitative estimate of drug-likeness (QED) is 0.179. The van der Waals surface area contributed by atoms with Gasteiger partial charge in [0.2, 0.25) is 11.8 Å². The van der Waals surface area contributed by atoms with Crippen LogP contribution in [0.25, 0.3) is 11.1 Å². The molecule has 2 heterocycles. The number of nitrogens with one attached hydrogen (secondary N) is 1. The van der Waals surface area contributed by atoms with E-state index in [1.54, 1.807) is 25.4 Å². The number of fused-ring (bicyclic) bond motifs is 1. The van der Waals surface area contributed by atoms with Crippen molar-refractivity contribution in [1.29, 1.82) is 0 Å². The van der Waals surface area contributed by atoms with E-state index in [2.05, 4.69) is 29.4 Å². The van der Waals surface area contributed by atoms with E-state index in [0.29, 0.717) is 29.6 Å². The lowest BCUT2D eigenvalue weighted by Gasteiger charge is -2.31. The lowest BCUT2D eigenvalue weighted by molar-refractivity contribution is -0.137. The van der Waals surface area contributed by atoms with Gasteiger partial charge >= 0.3 is 5.97 Å². The van der Waals surface area contributed by atoms with E-state index in [0.717, 1.165) is 46.2 Å². The first kappa shape index (κ1) is 31.7. The third-order valence-electron chi connectivity index (χ3n) is 8.24. The van der Waals surface area contributed by atoms with Crippen LogP contribution in [0.1, 0.15) is 70.6 Å². The molecule has 2 unspecified atom stereocenters. The summed E-state index contributed by atoms with van der Waals surface area (Å²) in [7, 11) is 1.61. The number of ether oxygens (including phenoxy) is 1. The van der Waals surface area contributed by atoms with Crippen LogP contribution in [0.5, 0.6) is 5.88 Å². The average molecular weight is 626 g/mol. The molecule has 3 aromatic carbocycles. The second-order valence-corrected chi connectivity index (χ2v) is 11.6. The van der Waals surface area contributed by atoms with Gasteiger partial charge in [-0.3, -0.25) is 14.4 Å². The molecule has 2 atom stereocenters. The number of carboxylic acids is 1. The number of nitrogens with zero attached hydrogens (tertiary/aromatic N) is 2. The number of methoxy groups -OCH3 is 1. The maximum absolute atomic E-state index is 14.5. The molecule has 0 saturated heterocycles.